The molecular weight excluding hydrogens is 314 g/mol. The second-order valence-corrected chi connectivity index (χ2v) is 5.76. The van der Waals surface area contributed by atoms with Crippen LogP contribution in [0.15, 0.2) is 30.9 Å². The normalized spacial score (nSPS) is 10.5. The van der Waals surface area contributed by atoms with Gasteiger partial charge in [0, 0.05) is 30.7 Å². The molecule has 1 aromatic carbocycles. The van der Waals surface area contributed by atoms with Gasteiger partial charge in [0.15, 0.2) is 0 Å². The summed E-state index contributed by atoms with van der Waals surface area (Å²) in [4.78, 5) is 12.5. The Kier molecular flexibility index (Phi) is 5.14. The number of hydrogen-bond acceptors (Lipinski definition) is 5. The van der Waals surface area contributed by atoms with E-state index in [4.69, 9.17) is 10.5 Å². The van der Waals surface area contributed by atoms with Crippen molar-refractivity contribution >= 4 is 16.7 Å². The summed E-state index contributed by atoms with van der Waals surface area (Å²) in [7, 11) is 1.62. The minimum atomic E-state index is 0.442. The number of unbranched alkanes of at least 4 members (excludes halogenated alkanes) is 2. The summed E-state index contributed by atoms with van der Waals surface area (Å²) in [5.41, 5.74) is 7.48. The summed E-state index contributed by atoms with van der Waals surface area (Å²) in [6.45, 7) is 2.99. The Morgan fingerprint density at radius 1 is 1.20 bits per heavy atom. The average molecular weight is 335 g/mol. The molecule has 0 bridgehead atoms. The molecule has 2 heterocycles. The van der Waals surface area contributed by atoms with E-state index in [1.807, 2.05) is 31.5 Å². The van der Waals surface area contributed by atoms with Gasteiger partial charge in [0.1, 0.15) is 23.7 Å². The number of nitrogens with zero attached hydrogens (tertiary/aromatic N) is 4. The molecule has 128 valence electrons. The molecule has 6 nitrogen and oxygen atoms in total. The van der Waals surface area contributed by atoms with Crippen molar-refractivity contribution in [1.82, 2.24) is 19.5 Å². The molecule has 0 aliphatic rings. The summed E-state index contributed by atoms with van der Waals surface area (Å²) in [5.74, 6) is 8.59. The first-order chi connectivity index (χ1) is 12.2. The van der Waals surface area contributed by atoms with Crippen LogP contribution in [0.1, 0.15) is 30.7 Å². The third kappa shape index (κ3) is 3.89. The lowest BCUT2D eigenvalue weighted by Crippen LogP contribution is -1.98. The van der Waals surface area contributed by atoms with Gasteiger partial charge in [0.2, 0.25) is 0 Å². The first kappa shape index (κ1) is 16.8. The van der Waals surface area contributed by atoms with Gasteiger partial charge in [0.05, 0.1) is 18.2 Å². The van der Waals surface area contributed by atoms with Crippen molar-refractivity contribution in [3.8, 4) is 17.6 Å². The Morgan fingerprint density at radius 3 is 2.84 bits per heavy atom. The molecule has 0 spiro atoms. The first-order valence-corrected chi connectivity index (χ1v) is 8.24. The molecule has 2 aromatic heterocycles. The Morgan fingerprint density at radius 2 is 2.08 bits per heavy atom. The van der Waals surface area contributed by atoms with Crippen molar-refractivity contribution in [2.45, 2.75) is 32.7 Å². The summed E-state index contributed by atoms with van der Waals surface area (Å²) < 4.78 is 7.58. The second-order valence-electron chi connectivity index (χ2n) is 5.76. The highest BCUT2D eigenvalue weighted by Gasteiger charge is 2.07. The van der Waals surface area contributed by atoms with E-state index < -0.39 is 0 Å². The van der Waals surface area contributed by atoms with E-state index >= 15 is 0 Å². The quantitative estimate of drug-likeness (QED) is 0.573. The fourth-order valence-corrected chi connectivity index (χ4v) is 2.66. The number of aryl methyl sites for hydroxylation is 2. The largest absolute Gasteiger partial charge is 0.495 e. The van der Waals surface area contributed by atoms with Crippen LogP contribution in [-0.4, -0.2) is 26.6 Å². The lowest BCUT2D eigenvalue weighted by molar-refractivity contribution is 0.414. The predicted molar refractivity (Wildman–Crippen MR) is 98.2 cm³/mol. The molecule has 0 atom stereocenters. The Bertz CT molecular complexity index is 936. The molecule has 25 heavy (non-hydrogen) atoms. The molecule has 0 fully saturated rings. The van der Waals surface area contributed by atoms with Crippen LogP contribution in [0.4, 0.5) is 5.82 Å². The third-order valence-electron chi connectivity index (χ3n) is 4.08. The summed E-state index contributed by atoms with van der Waals surface area (Å²) in [6, 6.07) is 3.74. The maximum absolute atomic E-state index is 5.89. The van der Waals surface area contributed by atoms with Crippen LogP contribution in [0, 0.1) is 18.8 Å². The summed E-state index contributed by atoms with van der Waals surface area (Å²) in [5, 5.41) is 0.778. The van der Waals surface area contributed by atoms with Crippen LogP contribution in [0.5, 0.6) is 5.75 Å². The standard InChI is InChI=1S/C19H21N5O/c1-14-21-8-10-24(14)9-6-4-3-5-7-15-11-17-16(12-18(15)25-2)19(20)23-13-22-17/h8,10-13H,3-4,6,9H2,1-2H3,(H2,20,22,23). The molecule has 3 aromatic rings. The number of fused-ring (bicyclic) bond motifs is 1. The topological polar surface area (TPSA) is 78.9 Å². The number of ether oxygens (including phenoxy) is 1. The van der Waals surface area contributed by atoms with Crippen LogP contribution in [-0.2, 0) is 6.54 Å². The molecule has 0 aliphatic heterocycles. The van der Waals surface area contributed by atoms with Crippen LogP contribution < -0.4 is 10.5 Å². The first-order valence-electron chi connectivity index (χ1n) is 8.24. The van der Waals surface area contributed by atoms with Gasteiger partial charge in [-0.1, -0.05) is 11.8 Å². The van der Waals surface area contributed by atoms with Crippen LogP contribution in [0.3, 0.4) is 0 Å². The van der Waals surface area contributed by atoms with Crippen molar-refractivity contribution in [3.63, 3.8) is 0 Å². The van der Waals surface area contributed by atoms with E-state index in [1.54, 1.807) is 7.11 Å². The number of nitrogen functional groups attached to an aromatic ring is 1. The molecular formula is C19H21N5O. The minimum Gasteiger partial charge on any atom is -0.495 e. The van der Waals surface area contributed by atoms with Gasteiger partial charge < -0.3 is 15.0 Å². The molecule has 0 saturated heterocycles. The number of benzene rings is 1. The maximum atomic E-state index is 5.89. The Balaban J connectivity index is 1.64. The molecule has 6 heteroatoms. The van der Waals surface area contributed by atoms with Crippen LogP contribution >= 0.6 is 0 Å². The van der Waals surface area contributed by atoms with Crippen molar-refractivity contribution in [2.75, 3.05) is 12.8 Å². The number of hydrogen-bond donors (Lipinski definition) is 1. The van der Waals surface area contributed by atoms with Crippen molar-refractivity contribution in [2.24, 2.45) is 0 Å². The molecule has 0 unspecified atom stereocenters. The fraction of sp³-hybridized carbons (Fsp3) is 0.316. The minimum absolute atomic E-state index is 0.442. The summed E-state index contributed by atoms with van der Waals surface area (Å²) >= 11 is 0. The Hall–Kier alpha value is -3.07. The SMILES string of the molecule is COc1cc2c(N)ncnc2cc1C#CCCCCn1ccnc1C. The number of aromatic nitrogens is 4. The van der Waals surface area contributed by atoms with Crippen molar-refractivity contribution in [3.05, 3.63) is 42.2 Å². The molecule has 0 saturated carbocycles. The predicted octanol–water partition coefficient (Wildman–Crippen LogP) is 2.95. The second kappa shape index (κ2) is 7.67. The fourth-order valence-electron chi connectivity index (χ4n) is 2.66. The highest BCUT2D eigenvalue weighted by Crippen LogP contribution is 2.26. The monoisotopic (exact) mass is 335 g/mol. The zero-order valence-electron chi connectivity index (χ0n) is 14.5. The van der Waals surface area contributed by atoms with Gasteiger partial charge in [-0.3, -0.25) is 0 Å². The van der Waals surface area contributed by atoms with Crippen LogP contribution in [0.2, 0.25) is 0 Å². The molecule has 2 N–H and O–H groups in total. The van der Waals surface area contributed by atoms with Gasteiger partial charge in [-0.05, 0) is 31.9 Å². The highest BCUT2D eigenvalue weighted by molar-refractivity contribution is 5.90. The molecule has 0 aliphatic carbocycles. The smallest absolute Gasteiger partial charge is 0.135 e. The van der Waals surface area contributed by atoms with E-state index in [-0.39, 0.29) is 0 Å². The lowest BCUT2D eigenvalue weighted by atomic mass is 10.1. The van der Waals surface area contributed by atoms with Gasteiger partial charge in [-0.25, -0.2) is 15.0 Å². The lowest BCUT2D eigenvalue weighted by Gasteiger charge is -2.06. The molecule has 3 rings (SSSR count). The van der Waals surface area contributed by atoms with Crippen LogP contribution in [0.25, 0.3) is 10.9 Å². The summed E-state index contributed by atoms with van der Waals surface area (Å²) in [6.07, 6.45) is 8.24. The van der Waals surface area contributed by atoms with E-state index in [1.165, 1.54) is 6.33 Å². The van der Waals surface area contributed by atoms with Crippen molar-refractivity contribution < 1.29 is 4.74 Å². The van der Waals surface area contributed by atoms with E-state index in [0.29, 0.717) is 11.6 Å². The number of rotatable bonds is 5. The zero-order valence-corrected chi connectivity index (χ0v) is 14.5. The Labute approximate surface area is 147 Å². The van der Waals surface area contributed by atoms with E-state index in [2.05, 4.69) is 31.4 Å². The number of imidazole rings is 1. The number of methoxy groups -OCH3 is 1. The van der Waals surface area contributed by atoms with Gasteiger partial charge in [-0.2, -0.15) is 0 Å². The van der Waals surface area contributed by atoms with Gasteiger partial charge in [0.25, 0.3) is 0 Å². The number of anilines is 1. The third-order valence-corrected chi connectivity index (χ3v) is 4.08. The molecule has 0 radical (unpaired) electrons. The number of nitrogens with two attached hydrogens (primary N) is 1. The van der Waals surface area contributed by atoms with Crippen molar-refractivity contribution in [1.29, 1.82) is 0 Å². The highest BCUT2D eigenvalue weighted by atomic mass is 16.5. The molecule has 0 amide bonds. The maximum Gasteiger partial charge on any atom is 0.135 e. The van der Waals surface area contributed by atoms with E-state index in [9.17, 15) is 0 Å². The van der Waals surface area contributed by atoms with E-state index in [0.717, 1.165) is 48.1 Å². The zero-order chi connectivity index (χ0) is 17.6. The average Bonchev–Trinajstić information content (AvgIpc) is 3.02. The van der Waals surface area contributed by atoms with Gasteiger partial charge in [-0.15, -0.1) is 0 Å². The van der Waals surface area contributed by atoms with Gasteiger partial charge >= 0.3 is 0 Å².